The van der Waals surface area contributed by atoms with Crippen molar-refractivity contribution in [3.63, 3.8) is 0 Å². The molecule has 2 aromatic rings. The van der Waals surface area contributed by atoms with Crippen LogP contribution in [0.15, 0.2) is 23.2 Å². The van der Waals surface area contributed by atoms with Crippen molar-refractivity contribution < 1.29 is 8.42 Å². The SMILES string of the molecule is Cc1nc2ccc(S(=O)(=O)Cl)cn2n1. The van der Waals surface area contributed by atoms with Crippen LogP contribution in [0.25, 0.3) is 5.65 Å². The molecule has 0 amide bonds. The highest BCUT2D eigenvalue weighted by atomic mass is 35.7. The highest BCUT2D eigenvalue weighted by Crippen LogP contribution is 2.14. The average Bonchev–Trinajstić information content (AvgIpc) is 2.41. The van der Waals surface area contributed by atoms with E-state index in [1.165, 1.54) is 16.8 Å². The predicted octanol–water partition coefficient (Wildman–Crippen LogP) is 0.965. The minimum Gasteiger partial charge on any atom is -0.220 e. The number of aromatic nitrogens is 3. The van der Waals surface area contributed by atoms with E-state index in [-0.39, 0.29) is 4.90 Å². The smallest absolute Gasteiger partial charge is 0.220 e. The van der Waals surface area contributed by atoms with Crippen LogP contribution in [0.2, 0.25) is 0 Å². The number of rotatable bonds is 1. The fraction of sp³-hybridized carbons (Fsp3) is 0.143. The highest BCUT2D eigenvalue weighted by molar-refractivity contribution is 8.13. The van der Waals surface area contributed by atoms with Gasteiger partial charge in [0.2, 0.25) is 0 Å². The maximum atomic E-state index is 11.0. The normalized spacial score (nSPS) is 12.1. The van der Waals surface area contributed by atoms with Crippen LogP contribution in [0.4, 0.5) is 0 Å². The molecule has 0 aliphatic carbocycles. The molecule has 0 aromatic carbocycles. The van der Waals surface area contributed by atoms with E-state index in [2.05, 4.69) is 10.1 Å². The quantitative estimate of drug-likeness (QED) is 0.686. The van der Waals surface area contributed by atoms with Gasteiger partial charge in [-0.2, -0.15) is 5.10 Å². The molecule has 0 spiro atoms. The lowest BCUT2D eigenvalue weighted by Gasteiger charge is -1.95. The molecule has 2 aromatic heterocycles. The molecule has 2 heterocycles. The van der Waals surface area contributed by atoms with Crippen molar-refractivity contribution in [1.29, 1.82) is 0 Å². The Bertz CT molecular complexity index is 590. The Kier molecular flexibility index (Phi) is 1.97. The van der Waals surface area contributed by atoms with Crippen LogP contribution in [-0.2, 0) is 9.05 Å². The summed E-state index contributed by atoms with van der Waals surface area (Å²) in [6, 6.07) is 2.95. The Labute approximate surface area is 84.8 Å². The summed E-state index contributed by atoms with van der Waals surface area (Å²) in [6.07, 6.45) is 1.33. The summed E-state index contributed by atoms with van der Waals surface area (Å²) in [6.45, 7) is 1.72. The molecule has 0 saturated carbocycles. The molecule has 0 N–H and O–H groups in total. The Balaban J connectivity index is 2.74. The van der Waals surface area contributed by atoms with Crippen LogP contribution in [0, 0.1) is 6.92 Å². The van der Waals surface area contributed by atoms with Gasteiger partial charge in [0.05, 0.1) is 6.20 Å². The van der Waals surface area contributed by atoms with E-state index in [0.29, 0.717) is 11.5 Å². The summed E-state index contributed by atoms with van der Waals surface area (Å²) in [5.41, 5.74) is 0.589. The van der Waals surface area contributed by atoms with Gasteiger partial charge in [-0.25, -0.2) is 17.9 Å². The first-order valence-corrected chi connectivity index (χ1v) is 6.05. The molecule has 0 aliphatic heterocycles. The van der Waals surface area contributed by atoms with E-state index in [1.54, 1.807) is 13.0 Å². The van der Waals surface area contributed by atoms with Crippen LogP contribution in [0.3, 0.4) is 0 Å². The first-order valence-electron chi connectivity index (χ1n) is 3.74. The van der Waals surface area contributed by atoms with Gasteiger partial charge in [0.1, 0.15) is 10.7 Å². The van der Waals surface area contributed by atoms with Gasteiger partial charge in [-0.05, 0) is 19.1 Å². The lowest BCUT2D eigenvalue weighted by atomic mass is 10.5. The third-order valence-electron chi connectivity index (χ3n) is 1.69. The molecule has 0 unspecified atom stereocenters. The maximum Gasteiger partial charge on any atom is 0.262 e. The van der Waals surface area contributed by atoms with Crippen LogP contribution >= 0.6 is 10.7 Å². The van der Waals surface area contributed by atoms with Crippen molar-refractivity contribution in [2.45, 2.75) is 11.8 Å². The van der Waals surface area contributed by atoms with Crippen molar-refractivity contribution in [2.24, 2.45) is 0 Å². The third-order valence-corrected chi connectivity index (χ3v) is 3.03. The van der Waals surface area contributed by atoms with Crippen LogP contribution in [0.5, 0.6) is 0 Å². The van der Waals surface area contributed by atoms with Gasteiger partial charge in [0.15, 0.2) is 5.65 Å². The largest absolute Gasteiger partial charge is 0.262 e. The van der Waals surface area contributed by atoms with Gasteiger partial charge < -0.3 is 0 Å². The molecular weight excluding hydrogens is 226 g/mol. The van der Waals surface area contributed by atoms with Gasteiger partial charge in [-0.3, -0.25) is 0 Å². The van der Waals surface area contributed by atoms with E-state index >= 15 is 0 Å². The van der Waals surface area contributed by atoms with Crippen molar-refractivity contribution in [3.05, 3.63) is 24.2 Å². The van der Waals surface area contributed by atoms with Crippen LogP contribution in [-0.4, -0.2) is 23.0 Å². The molecule has 0 atom stereocenters. The summed E-state index contributed by atoms with van der Waals surface area (Å²) in [5.74, 6) is 0.578. The van der Waals surface area contributed by atoms with Gasteiger partial charge >= 0.3 is 0 Å². The number of pyridine rings is 1. The first kappa shape index (κ1) is 9.42. The Hall–Kier alpha value is -1.14. The molecule has 0 aliphatic rings. The molecule has 5 nitrogen and oxygen atoms in total. The zero-order chi connectivity index (χ0) is 10.3. The third kappa shape index (κ3) is 1.58. The van der Waals surface area contributed by atoms with Crippen molar-refractivity contribution in [1.82, 2.24) is 14.6 Å². The topological polar surface area (TPSA) is 64.3 Å². The number of fused-ring (bicyclic) bond motifs is 1. The standard InChI is InChI=1S/C7H6ClN3O2S/c1-5-9-7-3-2-6(14(8,12)13)4-11(7)10-5/h2-4H,1H3. The highest BCUT2D eigenvalue weighted by Gasteiger charge is 2.11. The summed E-state index contributed by atoms with van der Waals surface area (Å²) < 4.78 is 23.4. The number of nitrogens with zero attached hydrogens (tertiary/aromatic N) is 3. The molecule has 0 radical (unpaired) electrons. The van der Waals surface area contributed by atoms with Gasteiger partial charge in [-0.15, -0.1) is 0 Å². The second kappa shape index (κ2) is 2.93. The van der Waals surface area contributed by atoms with E-state index in [9.17, 15) is 8.42 Å². The lowest BCUT2D eigenvalue weighted by molar-refractivity contribution is 0.608. The van der Waals surface area contributed by atoms with Gasteiger partial charge in [0.25, 0.3) is 9.05 Å². The maximum absolute atomic E-state index is 11.0. The van der Waals surface area contributed by atoms with Gasteiger partial charge in [0, 0.05) is 10.7 Å². The molecular formula is C7H6ClN3O2S. The molecule has 0 fully saturated rings. The molecule has 7 heteroatoms. The number of hydrogen-bond donors (Lipinski definition) is 0. The van der Waals surface area contributed by atoms with E-state index in [0.717, 1.165) is 0 Å². The Morgan fingerprint density at radius 1 is 1.43 bits per heavy atom. The number of aryl methyl sites for hydroxylation is 1. The van der Waals surface area contributed by atoms with Crippen LogP contribution in [0.1, 0.15) is 5.82 Å². The first-order chi connectivity index (χ1) is 6.47. The average molecular weight is 232 g/mol. The fourth-order valence-corrected chi connectivity index (χ4v) is 1.85. The van der Waals surface area contributed by atoms with E-state index < -0.39 is 9.05 Å². The van der Waals surface area contributed by atoms with Crippen molar-refractivity contribution >= 4 is 25.4 Å². The summed E-state index contributed by atoms with van der Waals surface area (Å²) in [7, 11) is 1.48. The zero-order valence-corrected chi connectivity index (χ0v) is 8.75. The monoisotopic (exact) mass is 231 g/mol. The molecule has 0 bridgehead atoms. The Morgan fingerprint density at radius 3 is 2.79 bits per heavy atom. The lowest BCUT2D eigenvalue weighted by Crippen LogP contribution is -1.95. The van der Waals surface area contributed by atoms with E-state index in [1.807, 2.05) is 0 Å². The van der Waals surface area contributed by atoms with Crippen molar-refractivity contribution in [3.8, 4) is 0 Å². The minimum absolute atomic E-state index is 0.0107. The minimum atomic E-state index is -3.70. The molecule has 14 heavy (non-hydrogen) atoms. The second-order valence-electron chi connectivity index (χ2n) is 2.76. The van der Waals surface area contributed by atoms with Crippen LogP contribution < -0.4 is 0 Å². The summed E-state index contributed by atoms with van der Waals surface area (Å²) in [4.78, 5) is 4.06. The second-order valence-corrected chi connectivity index (χ2v) is 5.33. The van der Waals surface area contributed by atoms with Crippen molar-refractivity contribution in [2.75, 3.05) is 0 Å². The van der Waals surface area contributed by atoms with E-state index in [4.69, 9.17) is 10.7 Å². The fourth-order valence-electron chi connectivity index (χ4n) is 1.12. The molecule has 74 valence electrons. The molecule has 0 saturated heterocycles. The number of hydrogen-bond acceptors (Lipinski definition) is 4. The summed E-state index contributed by atoms with van der Waals surface area (Å²) in [5, 5.41) is 3.97. The predicted molar refractivity (Wildman–Crippen MR) is 50.8 cm³/mol. The zero-order valence-electron chi connectivity index (χ0n) is 7.18. The molecule has 2 rings (SSSR count). The Morgan fingerprint density at radius 2 is 2.14 bits per heavy atom. The summed E-state index contributed by atoms with van der Waals surface area (Å²) >= 11 is 0. The number of halogens is 1. The van der Waals surface area contributed by atoms with Gasteiger partial charge in [-0.1, -0.05) is 0 Å².